The summed E-state index contributed by atoms with van der Waals surface area (Å²) in [6.45, 7) is 3.97. The fraction of sp³-hybridized carbons (Fsp3) is 0.238. The number of carbonyl (C=O) groups excluding carboxylic acids is 1. The van der Waals surface area contributed by atoms with Gasteiger partial charge in [-0.15, -0.1) is 0 Å². The fourth-order valence-corrected chi connectivity index (χ4v) is 3.61. The molecule has 0 saturated heterocycles. The molecule has 2 aromatic carbocycles. The first-order valence-corrected chi connectivity index (χ1v) is 10.3. The van der Waals surface area contributed by atoms with Crippen LogP contribution in [0.5, 0.6) is 11.5 Å². The van der Waals surface area contributed by atoms with Crippen LogP contribution in [0, 0.1) is 18.3 Å². The van der Waals surface area contributed by atoms with E-state index in [1.807, 2.05) is 6.92 Å². The molecule has 2 aromatic rings. The number of aryl methyl sites for hydroxylation is 1. The average Bonchev–Trinajstić information content (AvgIpc) is 2.71. The monoisotopic (exact) mass is 414 g/mol. The van der Waals surface area contributed by atoms with E-state index in [1.165, 1.54) is 31.4 Å². The van der Waals surface area contributed by atoms with Crippen LogP contribution in [0.4, 0.5) is 0 Å². The van der Waals surface area contributed by atoms with Gasteiger partial charge in [0.25, 0.3) is 5.91 Å². The van der Waals surface area contributed by atoms with Crippen LogP contribution in [-0.2, 0) is 14.6 Å². The fourth-order valence-electron chi connectivity index (χ4n) is 2.45. The molecule has 1 N–H and O–H groups in total. The van der Waals surface area contributed by atoms with Gasteiger partial charge in [-0.05, 0) is 49.8 Å². The highest BCUT2D eigenvalue weighted by atomic mass is 32.2. The van der Waals surface area contributed by atoms with Gasteiger partial charge in [0.15, 0.2) is 18.1 Å². The van der Waals surface area contributed by atoms with Crippen molar-refractivity contribution in [2.45, 2.75) is 18.7 Å². The van der Waals surface area contributed by atoms with Crippen LogP contribution in [0.2, 0.25) is 0 Å². The first-order chi connectivity index (χ1) is 13.8. The molecule has 2 rings (SSSR count). The Bertz CT molecular complexity index is 1050. The van der Waals surface area contributed by atoms with Gasteiger partial charge in [-0.3, -0.25) is 4.79 Å². The minimum atomic E-state index is -3.95. The number of carbonyl (C=O) groups is 1. The van der Waals surface area contributed by atoms with E-state index in [4.69, 9.17) is 9.47 Å². The van der Waals surface area contributed by atoms with E-state index >= 15 is 0 Å². The minimum absolute atomic E-state index is 0.0461. The molecule has 0 fully saturated rings. The summed E-state index contributed by atoms with van der Waals surface area (Å²) in [5.74, 6) is 0.373. The topological polar surface area (TPSA) is 105 Å². The third kappa shape index (κ3) is 5.59. The second-order valence-corrected chi connectivity index (χ2v) is 8.01. The van der Waals surface area contributed by atoms with E-state index < -0.39 is 9.84 Å². The molecule has 0 saturated carbocycles. The standard InChI is InChI=1S/C21H22N2O5S/c1-4-23-21(24)14-28-19-10-7-16(12-20(19)27-3)11-18(13-22)29(25,26)17-8-5-15(2)6-9-17/h5-12H,4,14H2,1-3H3,(H,23,24)/b18-11+. The van der Waals surface area contributed by atoms with E-state index in [0.717, 1.165) is 5.56 Å². The number of hydrogen-bond donors (Lipinski definition) is 1. The Morgan fingerprint density at radius 2 is 1.86 bits per heavy atom. The maximum absolute atomic E-state index is 12.7. The molecule has 0 heterocycles. The zero-order chi connectivity index (χ0) is 21.4. The van der Waals surface area contributed by atoms with Crippen molar-refractivity contribution >= 4 is 21.8 Å². The molecule has 8 heteroatoms. The highest BCUT2D eigenvalue weighted by Crippen LogP contribution is 2.30. The first kappa shape index (κ1) is 22.0. The molecule has 0 aliphatic heterocycles. The molecule has 0 radical (unpaired) electrons. The van der Waals surface area contributed by atoms with Gasteiger partial charge in [0.05, 0.1) is 12.0 Å². The van der Waals surface area contributed by atoms with Crippen molar-refractivity contribution in [1.82, 2.24) is 5.32 Å². The lowest BCUT2D eigenvalue weighted by atomic mass is 10.2. The van der Waals surface area contributed by atoms with Crippen molar-refractivity contribution in [2.24, 2.45) is 0 Å². The summed E-state index contributed by atoms with van der Waals surface area (Å²) in [4.78, 5) is 11.2. The van der Waals surface area contributed by atoms with Crippen LogP contribution in [-0.4, -0.2) is 34.6 Å². The Hall–Kier alpha value is -3.31. The lowest BCUT2D eigenvalue weighted by Crippen LogP contribution is -2.28. The summed E-state index contributed by atoms with van der Waals surface area (Å²) in [5.41, 5.74) is 1.36. The lowest BCUT2D eigenvalue weighted by molar-refractivity contribution is -0.123. The van der Waals surface area contributed by atoms with Crippen LogP contribution in [0.3, 0.4) is 0 Å². The van der Waals surface area contributed by atoms with Gasteiger partial charge >= 0.3 is 0 Å². The van der Waals surface area contributed by atoms with Gasteiger partial charge in [0.1, 0.15) is 11.0 Å². The zero-order valence-corrected chi connectivity index (χ0v) is 17.2. The molecule has 0 aliphatic rings. The van der Waals surface area contributed by atoms with Crippen LogP contribution in [0.25, 0.3) is 6.08 Å². The highest BCUT2D eigenvalue weighted by Gasteiger charge is 2.21. The first-order valence-electron chi connectivity index (χ1n) is 8.83. The maximum atomic E-state index is 12.7. The SMILES string of the molecule is CCNC(=O)COc1ccc(/C=C(\C#N)S(=O)(=O)c2ccc(C)cc2)cc1OC. The third-order valence-electron chi connectivity index (χ3n) is 3.95. The summed E-state index contributed by atoms with van der Waals surface area (Å²) in [6, 6.07) is 12.7. The van der Waals surface area contributed by atoms with Gasteiger partial charge in [-0.1, -0.05) is 23.8 Å². The number of benzene rings is 2. The number of sulfone groups is 1. The molecule has 0 spiro atoms. The molecular formula is C21H22N2O5S. The number of rotatable bonds is 8. The van der Waals surface area contributed by atoms with Gasteiger partial charge < -0.3 is 14.8 Å². The Morgan fingerprint density at radius 3 is 2.45 bits per heavy atom. The molecule has 152 valence electrons. The van der Waals surface area contributed by atoms with E-state index in [0.29, 0.717) is 23.6 Å². The average molecular weight is 414 g/mol. The molecule has 0 unspecified atom stereocenters. The molecule has 1 amide bonds. The van der Waals surface area contributed by atoms with E-state index in [-0.39, 0.29) is 22.3 Å². The summed E-state index contributed by atoms with van der Waals surface area (Å²) >= 11 is 0. The van der Waals surface area contributed by atoms with Crippen molar-refractivity contribution < 1.29 is 22.7 Å². The highest BCUT2D eigenvalue weighted by molar-refractivity contribution is 7.95. The smallest absolute Gasteiger partial charge is 0.257 e. The number of ether oxygens (including phenoxy) is 2. The maximum Gasteiger partial charge on any atom is 0.257 e. The van der Waals surface area contributed by atoms with Crippen LogP contribution < -0.4 is 14.8 Å². The lowest BCUT2D eigenvalue weighted by Gasteiger charge is -2.11. The van der Waals surface area contributed by atoms with Crippen LogP contribution in [0.1, 0.15) is 18.1 Å². The summed E-state index contributed by atoms with van der Waals surface area (Å²) in [6.07, 6.45) is 1.27. The van der Waals surface area contributed by atoms with Crippen molar-refractivity contribution in [3.8, 4) is 17.6 Å². The van der Waals surface area contributed by atoms with Gasteiger partial charge in [-0.25, -0.2) is 8.42 Å². The second-order valence-electron chi connectivity index (χ2n) is 6.09. The molecule has 0 aromatic heterocycles. The predicted molar refractivity (Wildman–Crippen MR) is 109 cm³/mol. The van der Waals surface area contributed by atoms with E-state index in [9.17, 15) is 18.5 Å². The molecule has 0 atom stereocenters. The Balaban J connectivity index is 2.32. The van der Waals surface area contributed by atoms with Crippen LogP contribution >= 0.6 is 0 Å². The third-order valence-corrected chi connectivity index (χ3v) is 5.63. The predicted octanol–water partition coefficient (Wildman–Crippen LogP) is 2.86. The molecular weight excluding hydrogens is 392 g/mol. The van der Waals surface area contributed by atoms with E-state index in [1.54, 1.807) is 37.3 Å². The van der Waals surface area contributed by atoms with Crippen molar-refractivity contribution in [1.29, 1.82) is 5.26 Å². The molecule has 29 heavy (non-hydrogen) atoms. The number of allylic oxidation sites excluding steroid dienone is 1. The second kappa shape index (κ2) is 9.75. The minimum Gasteiger partial charge on any atom is -0.493 e. The number of nitrogens with zero attached hydrogens (tertiary/aromatic N) is 1. The van der Waals surface area contributed by atoms with Gasteiger partial charge in [0, 0.05) is 6.54 Å². The number of likely N-dealkylation sites (N-methyl/N-ethyl adjacent to an activating group) is 1. The largest absolute Gasteiger partial charge is 0.493 e. The number of methoxy groups -OCH3 is 1. The normalized spacial score (nSPS) is 11.4. The molecule has 0 bridgehead atoms. The number of nitrogens with one attached hydrogen (secondary N) is 1. The quantitative estimate of drug-likeness (QED) is 0.666. The van der Waals surface area contributed by atoms with E-state index in [2.05, 4.69) is 5.32 Å². The summed E-state index contributed by atoms with van der Waals surface area (Å²) < 4.78 is 36.2. The Kier molecular flexibility index (Phi) is 7.39. The molecule has 0 aliphatic carbocycles. The van der Waals surface area contributed by atoms with Crippen molar-refractivity contribution in [3.63, 3.8) is 0 Å². The summed E-state index contributed by atoms with van der Waals surface area (Å²) in [7, 11) is -2.52. The van der Waals surface area contributed by atoms with Crippen LogP contribution in [0.15, 0.2) is 52.3 Å². The summed E-state index contributed by atoms with van der Waals surface area (Å²) in [5, 5.41) is 12.0. The molecule has 7 nitrogen and oxygen atoms in total. The van der Waals surface area contributed by atoms with Crippen molar-refractivity contribution in [3.05, 3.63) is 58.5 Å². The van der Waals surface area contributed by atoms with Crippen molar-refractivity contribution in [2.75, 3.05) is 20.3 Å². The number of nitriles is 1. The number of amides is 1. The number of hydrogen-bond acceptors (Lipinski definition) is 6. The van der Waals surface area contributed by atoms with Gasteiger partial charge in [0.2, 0.25) is 9.84 Å². The van der Waals surface area contributed by atoms with Gasteiger partial charge in [-0.2, -0.15) is 5.26 Å². The Labute approximate surface area is 170 Å². The Morgan fingerprint density at radius 1 is 1.17 bits per heavy atom. The zero-order valence-electron chi connectivity index (χ0n) is 16.4.